The predicted octanol–water partition coefficient (Wildman–Crippen LogP) is 2.14. The zero-order chi connectivity index (χ0) is 12.3. The maximum Gasteiger partial charge on any atom is 0.268 e. The van der Waals surface area contributed by atoms with E-state index in [4.69, 9.17) is 14.6 Å². The molecule has 0 aromatic heterocycles. The van der Waals surface area contributed by atoms with Crippen LogP contribution in [0.25, 0.3) is 0 Å². The molecular formula is C10H11F3O3. The lowest BCUT2D eigenvalue weighted by Crippen LogP contribution is -2.10. The molecule has 0 saturated heterocycles. The largest absolute Gasteiger partial charge is 0.493 e. The van der Waals surface area contributed by atoms with Gasteiger partial charge in [0.25, 0.3) is 6.43 Å². The van der Waals surface area contributed by atoms with Crippen molar-refractivity contribution in [3.8, 4) is 11.5 Å². The summed E-state index contributed by atoms with van der Waals surface area (Å²) in [5.74, 6) is -0.811. The van der Waals surface area contributed by atoms with Crippen molar-refractivity contribution in [2.24, 2.45) is 0 Å². The molecule has 1 atom stereocenters. The Morgan fingerprint density at radius 3 is 2.06 bits per heavy atom. The number of aliphatic hydroxyl groups excluding tert-OH is 1. The fourth-order valence-electron chi connectivity index (χ4n) is 1.23. The van der Waals surface area contributed by atoms with Gasteiger partial charge in [0, 0.05) is 11.6 Å². The topological polar surface area (TPSA) is 38.7 Å². The van der Waals surface area contributed by atoms with Gasteiger partial charge in [0.05, 0.1) is 14.2 Å². The Kier molecular flexibility index (Phi) is 4.00. The molecule has 0 fully saturated rings. The van der Waals surface area contributed by atoms with Crippen molar-refractivity contribution in [3.05, 3.63) is 23.5 Å². The molecule has 0 spiro atoms. The Balaban J connectivity index is 3.21. The second-order valence-electron chi connectivity index (χ2n) is 3.01. The number of halogens is 3. The fraction of sp³-hybridized carbons (Fsp3) is 0.400. The molecule has 0 bridgehead atoms. The molecule has 1 aromatic rings. The lowest BCUT2D eigenvalue weighted by Gasteiger charge is -2.14. The lowest BCUT2D eigenvalue weighted by molar-refractivity contribution is -0.00785. The maximum absolute atomic E-state index is 13.3. The molecule has 0 heterocycles. The summed E-state index contributed by atoms with van der Waals surface area (Å²) in [7, 11) is 2.58. The highest BCUT2D eigenvalue weighted by molar-refractivity contribution is 5.44. The van der Waals surface area contributed by atoms with Gasteiger partial charge in [0.2, 0.25) is 0 Å². The minimum atomic E-state index is -3.06. The van der Waals surface area contributed by atoms with Gasteiger partial charge >= 0.3 is 0 Å². The Labute approximate surface area is 90.4 Å². The van der Waals surface area contributed by atoms with E-state index in [1.165, 1.54) is 14.2 Å². The third-order valence-electron chi connectivity index (χ3n) is 2.06. The van der Waals surface area contributed by atoms with Crippen molar-refractivity contribution in [1.82, 2.24) is 0 Å². The summed E-state index contributed by atoms with van der Waals surface area (Å²) in [6.07, 6.45) is -5.24. The first-order valence-electron chi connectivity index (χ1n) is 4.39. The zero-order valence-electron chi connectivity index (χ0n) is 8.71. The van der Waals surface area contributed by atoms with Gasteiger partial charge in [-0.1, -0.05) is 0 Å². The normalized spacial score (nSPS) is 12.7. The molecule has 16 heavy (non-hydrogen) atoms. The SMILES string of the molecule is COc1cc(F)c(C(O)C(F)F)cc1OC. The van der Waals surface area contributed by atoms with E-state index in [-0.39, 0.29) is 11.5 Å². The minimum absolute atomic E-state index is 0.0743. The fourth-order valence-corrected chi connectivity index (χ4v) is 1.23. The molecule has 6 heteroatoms. The average molecular weight is 236 g/mol. The predicted molar refractivity (Wildman–Crippen MR) is 50.5 cm³/mol. The van der Waals surface area contributed by atoms with Crippen molar-refractivity contribution in [2.45, 2.75) is 12.5 Å². The number of alkyl halides is 2. The first-order chi connectivity index (χ1) is 7.51. The highest BCUT2D eigenvalue weighted by Crippen LogP contribution is 2.33. The number of methoxy groups -OCH3 is 2. The number of rotatable bonds is 4. The van der Waals surface area contributed by atoms with Crippen LogP contribution in [0.1, 0.15) is 11.7 Å². The smallest absolute Gasteiger partial charge is 0.268 e. The van der Waals surface area contributed by atoms with Crippen LogP contribution in [-0.2, 0) is 0 Å². The molecule has 1 unspecified atom stereocenters. The summed E-state index contributed by atoms with van der Waals surface area (Å²) in [6, 6.07) is 1.88. The molecule has 1 rings (SSSR count). The van der Waals surface area contributed by atoms with E-state index < -0.39 is 23.9 Å². The molecule has 3 nitrogen and oxygen atoms in total. The van der Waals surface area contributed by atoms with Gasteiger partial charge in [-0.25, -0.2) is 13.2 Å². The first kappa shape index (κ1) is 12.6. The molecule has 0 amide bonds. The summed E-state index contributed by atoms with van der Waals surface area (Å²) in [5.41, 5.74) is -0.521. The summed E-state index contributed by atoms with van der Waals surface area (Å²) in [4.78, 5) is 0. The maximum atomic E-state index is 13.3. The van der Waals surface area contributed by atoms with Crippen LogP contribution in [0.2, 0.25) is 0 Å². The molecule has 1 aromatic carbocycles. The van der Waals surface area contributed by atoms with Crippen LogP contribution in [0.5, 0.6) is 11.5 Å². The van der Waals surface area contributed by atoms with E-state index >= 15 is 0 Å². The van der Waals surface area contributed by atoms with Crippen LogP contribution in [0.3, 0.4) is 0 Å². The summed E-state index contributed by atoms with van der Waals surface area (Å²) in [6.45, 7) is 0. The van der Waals surface area contributed by atoms with Crippen LogP contribution in [0.15, 0.2) is 12.1 Å². The van der Waals surface area contributed by atoms with E-state index in [2.05, 4.69) is 0 Å². The summed E-state index contributed by atoms with van der Waals surface area (Å²) < 4.78 is 47.4. The number of hydrogen-bond donors (Lipinski definition) is 1. The highest BCUT2D eigenvalue weighted by Gasteiger charge is 2.24. The Bertz CT molecular complexity index is 369. The van der Waals surface area contributed by atoms with Crippen LogP contribution in [-0.4, -0.2) is 25.8 Å². The molecule has 1 N–H and O–H groups in total. The van der Waals surface area contributed by atoms with Gasteiger partial charge in [-0.05, 0) is 6.07 Å². The standard InChI is InChI=1S/C10H11F3O3/c1-15-7-3-5(9(14)10(12)13)6(11)4-8(7)16-2/h3-4,9-10,14H,1-2H3. The number of ether oxygens (including phenoxy) is 2. The monoisotopic (exact) mass is 236 g/mol. The molecule has 0 radical (unpaired) electrons. The van der Waals surface area contributed by atoms with E-state index in [9.17, 15) is 13.2 Å². The average Bonchev–Trinajstić information content (AvgIpc) is 2.27. The van der Waals surface area contributed by atoms with Crippen LogP contribution in [0.4, 0.5) is 13.2 Å². The van der Waals surface area contributed by atoms with Crippen LogP contribution < -0.4 is 9.47 Å². The van der Waals surface area contributed by atoms with E-state index in [1.54, 1.807) is 0 Å². The van der Waals surface area contributed by atoms with Crippen molar-refractivity contribution in [2.75, 3.05) is 14.2 Å². The van der Waals surface area contributed by atoms with Crippen molar-refractivity contribution in [3.63, 3.8) is 0 Å². The molecule has 0 aliphatic carbocycles. The minimum Gasteiger partial charge on any atom is -0.493 e. The molecule has 0 aliphatic heterocycles. The van der Waals surface area contributed by atoms with E-state index in [0.29, 0.717) is 0 Å². The van der Waals surface area contributed by atoms with Gasteiger partial charge in [0.1, 0.15) is 11.9 Å². The van der Waals surface area contributed by atoms with Crippen molar-refractivity contribution < 1.29 is 27.8 Å². The summed E-state index contributed by atoms with van der Waals surface area (Å²) in [5, 5.41) is 9.08. The van der Waals surface area contributed by atoms with Crippen molar-refractivity contribution >= 4 is 0 Å². The second kappa shape index (κ2) is 5.07. The van der Waals surface area contributed by atoms with Gasteiger partial charge in [-0.15, -0.1) is 0 Å². The van der Waals surface area contributed by atoms with Gasteiger partial charge in [0.15, 0.2) is 11.5 Å². The number of benzene rings is 1. The van der Waals surface area contributed by atoms with Crippen molar-refractivity contribution in [1.29, 1.82) is 0 Å². The third-order valence-corrected chi connectivity index (χ3v) is 2.06. The Morgan fingerprint density at radius 2 is 1.62 bits per heavy atom. The van der Waals surface area contributed by atoms with Gasteiger partial charge < -0.3 is 14.6 Å². The Morgan fingerprint density at radius 1 is 1.12 bits per heavy atom. The molecule has 90 valence electrons. The van der Waals surface area contributed by atoms with Gasteiger partial charge in [-0.3, -0.25) is 0 Å². The quantitative estimate of drug-likeness (QED) is 0.870. The Hall–Kier alpha value is -1.43. The second-order valence-corrected chi connectivity index (χ2v) is 3.01. The first-order valence-corrected chi connectivity index (χ1v) is 4.39. The van der Waals surface area contributed by atoms with E-state index in [1.807, 2.05) is 0 Å². The zero-order valence-corrected chi connectivity index (χ0v) is 8.71. The molecule has 0 aliphatic rings. The van der Waals surface area contributed by atoms with Crippen LogP contribution >= 0.6 is 0 Å². The molecular weight excluding hydrogens is 225 g/mol. The van der Waals surface area contributed by atoms with E-state index in [0.717, 1.165) is 12.1 Å². The molecule has 0 saturated carbocycles. The van der Waals surface area contributed by atoms with Crippen LogP contribution in [0, 0.1) is 5.82 Å². The highest BCUT2D eigenvalue weighted by atomic mass is 19.3. The summed E-state index contributed by atoms with van der Waals surface area (Å²) >= 11 is 0. The number of hydrogen-bond acceptors (Lipinski definition) is 3. The third kappa shape index (κ3) is 2.38. The van der Waals surface area contributed by atoms with Gasteiger partial charge in [-0.2, -0.15) is 0 Å². The lowest BCUT2D eigenvalue weighted by atomic mass is 10.1. The number of aliphatic hydroxyl groups is 1.